The molecule has 0 aliphatic carbocycles. The fraction of sp³-hybridized carbons (Fsp3) is 0. The number of nitrogens with zero attached hydrogens (tertiary/aromatic N) is 1. The van der Waals surface area contributed by atoms with E-state index < -0.39 is 0 Å². The van der Waals surface area contributed by atoms with Gasteiger partial charge in [0.2, 0.25) is 0 Å². The lowest BCUT2D eigenvalue weighted by atomic mass is 10.00. The van der Waals surface area contributed by atoms with Crippen LogP contribution >= 0.6 is 0 Å². The molecular formula is C40H27NO. The van der Waals surface area contributed by atoms with Crippen molar-refractivity contribution in [1.82, 2.24) is 0 Å². The Morgan fingerprint density at radius 2 is 0.905 bits per heavy atom. The Hall–Kier alpha value is -5.60. The first-order valence-electron chi connectivity index (χ1n) is 14.3. The molecule has 1 heterocycles. The van der Waals surface area contributed by atoms with Crippen LogP contribution in [0.15, 0.2) is 168 Å². The van der Waals surface area contributed by atoms with Crippen molar-refractivity contribution in [3.05, 3.63) is 164 Å². The van der Waals surface area contributed by atoms with E-state index in [0.717, 1.165) is 33.6 Å². The van der Waals surface area contributed by atoms with E-state index in [0.29, 0.717) is 0 Å². The molecule has 0 saturated heterocycles. The largest absolute Gasteiger partial charge is 0.456 e. The maximum Gasteiger partial charge on any atom is 0.136 e. The number of anilines is 3. The fourth-order valence-electron chi connectivity index (χ4n) is 5.99. The molecule has 42 heavy (non-hydrogen) atoms. The van der Waals surface area contributed by atoms with E-state index >= 15 is 0 Å². The molecule has 0 amide bonds. The zero-order chi connectivity index (χ0) is 27.9. The third-order valence-corrected chi connectivity index (χ3v) is 8.06. The monoisotopic (exact) mass is 537 g/mol. The van der Waals surface area contributed by atoms with Gasteiger partial charge in [0.15, 0.2) is 0 Å². The van der Waals surface area contributed by atoms with Crippen LogP contribution in [0, 0.1) is 0 Å². The molecular weight excluding hydrogens is 510 g/mol. The molecule has 7 aromatic carbocycles. The van der Waals surface area contributed by atoms with Crippen LogP contribution in [-0.4, -0.2) is 0 Å². The van der Waals surface area contributed by atoms with Crippen molar-refractivity contribution >= 4 is 49.8 Å². The highest BCUT2D eigenvalue weighted by molar-refractivity contribution is 6.19. The lowest BCUT2D eigenvalue weighted by Gasteiger charge is -2.26. The van der Waals surface area contributed by atoms with Gasteiger partial charge < -0.3 is 9.32 Å². The van der Waals surface area contributed by atoms with Crippen LogP contribution in [-0.2, 0) is 0 Å². The van der Waals surface area contributed by atoms with Crippen LogP contribution in [0.4, 0.5) is 17.1 Å². The highest BCUT2D eigenvalue weighted by Crippen LogP contribution is 2.40. The molecule has 2 heteroatoms. The number of hydrogen-bond acceptors (Lipinski definition) is 2. The second-order valence-corrected chi connectivity index (χ2v) is 10.6. The lowest BCUT2D eigenvalue weighted by Crippen LogP contribution is -2.09. The highest BCUT2D eigenvalue weighted by Gasteiger charge is 2.15. The number of para-hydroxylation sites is 2. The Morgan fingerprint density at radius 3 is 1.62 bits per heavy atom. The smallest absolute Gasteiger partial charge is 0.136 e. The average molecular weight is 538 g/mol. The van der Waals surface area contributed by atoms with E-state index in [2.05, 4.69) is 157 Å². The van der Waals surface area contributed by atoms with Crippen molar-refractivity contribution in [1.29, 1.82) is 0 Å². The van der Waals surface area contributed by atoms with E-state index in [4.69, 9.17) is 4.42 Å². The first-order valence-corrected chi connectivity index (χ1v) is 14.3. The van der Waals surface area contributed by atoms with Crippen molar-refractivity contribution < 1.29 is 4.42 Å². The normalized spacial score (nSPS) is 11.3. The Labute approximate surface area is 244 Å². The second-order valence-electron chi connectivity index (χ2n) is 10.6. The molecule has 0 N–H and O–H groups in total. The predicted molar refractivity (Wildman–Crippen MR) is 177 cm³/mol. The summed E-state index contributed by atoms with van der Waals surface area (Å²) in [4.78, 5) is 2.32. The van der Waals surface area contributed by atoms with Gasteiger partial charge in [-0.3, -0.25) is 0 Å². The summed E-state index contributed by atoms with van der Waals surface area (Å²) in [6, 6.07) is 58.0. The summed E-state index contributed by atoms with van der Waals surface area (Å²) in [6.45, 7) is 0. The molecule has 0 bridgehead atoms. The summed E-state index contributed by atoms with van der Waals surface area (Å²) >= 11 is 0. The van der Waals surface area contributed by atoms with E-state index in [1.54, 1.807) is 0 Å². The minimum Gasteiger partial charge on any atom is -0.456 e. The van der Waals surface area contributed by atoms with Crippen molar-refractivity contribution in [2.24, 2.45) is 0 Å². The summed E-state index contributed by atoms with van der Waals surface area (Å²) in [5.41, 5.74) is 10.0. The molecule has 8 rings (SSSR count). The summed E-state index contributed by atoms with van der Waals surface area (Å²) in [6.07, 6.45) is 0. The lowest BCUT2D eigenvalue weighted by molar-refractivity contribution is 0.669. The Bertz CT molecular complexity index is 2160. The summed E-state index contributed by atoms with van der Waals surface area (Å²) in [7, 11) is 0. The average Bonchev–Trinajstić information content (AvgIpc) is 3.45. The van der Waals surface area contributed by atoms with E-state index in [1.807, 2.05) is 12.1 Å². The van der Waals surface area contributed by atoms with Gasteiger partial charge in [-0.05, 0) is 81.6 Å². The van der Waals surface area contributed by atoms with Crippen molar-refractivity contribution in [3.63, 3.8) is 0 Å². The summed E-state index contributed by atoms with van der Waals surface area (Å²) < 4.78 is 6.14. The molecule has 2 nitrogen and oxygen atoms in total. The number of benzene rings is 7. The van der Waals surface area contributed by atoms with Gasteiger partial charge in [-0.1, -0.05) is 115 Å². The number of hydrogen-bond donors (Lipinski definition) is 0. The highest BCUT2D eigenvalue weighted by atomic mass is 16.3. The van der Waals surface area contributed by atoms with Crippen molar-refractivity contribution in [2.75, 3.05) is 4.90 Å². The molecule has 0 aliphatic heterocycles. The second kappa shape index (κ2) is 10.1. The number of fused-ring (bicyclic) bond motifs is 5. The van der Waals surface area contributed by atoms with Crippen LogP contribution in [0.2, 0.25) is 0 Å². The molecule has 8 aromatic rings. The minimum absolute atomic E-state index is 0.920. The SMILES string of the molecule is c1ccc(-c2ccc(-c3ccc(N(c4ccccc4)c4ccc5c(ccc6oc7ccccc7c65)c4)cc3)cc2)cc1. The zero-order valence-electron chi connectivity index (χ0n) is 22.9. The minimum atomic E-state index is 0.920. The molecule has 0 radical (unpaired) electrons. The molecule has 0 atom stereocenters. The topological polar surface area (TPSA) is 16.4 Å². The van der Waals surface area contributed by atoms with Crippen molar-refractivity contribution in [2.45, 2.75) is 0 Å². The van der Waals surface area contributed by atoms with Crippen LogP contribution in [0.1, 0.15) is 0 Å². The van der Waals surface area contributed by atoms with Gasteiger partial charge >= 0.3 is 0 Å². The first-order chi connectivity index (χ1) is 20.8. The zero-order valence-corrected chi connectivity index (χ0v) is 22.9. The molecule has 0 unspecified atom stereocenters. The Morgan fingerprint density at radius 1 is 0.357 bits per heavy atom. The quantitative estimate of drug-likeness (QED) is 0.217. The van der Waals surface area contributed by atoms with Gasteiger partial charge in [-0.2, -0.15) is 0 Å². The maximum atomic E-state index is 6.14. The van der Waals surface area contributed by atoms with E-state index in [-0.39, 0.29) is 0 Å². The van der Waals surface area contributed by atoms with Crippen LogP contribution in [0.3, 0.4) is 0 Å². The third-order valence-electron chi connectivity index (χ3n) is 8.06. The van der Waals surface area contributed by atoms with E-state index in [9.17, 15) is 0 Å². The standard InChI is InChI=1S/C40H27NO/c1-3-9-28(10-4-1)29-15-17-30(18-16-29)31-19-22-34(23-20-31)41(33-11-5-2-6-12-33)35-24-25-36-32(27-35)21-26-39-40(36)37-13-7-8-14-38(37)42-39/h1-27H. The molecule has 1 aromatic heterocycles. The van der Waals surface area contributed by atoms with Gasteiger partial charge in [0, 0.05) is 27.8 Å². The maximum absolute atomic E-state index is 6.14. The van der Waals surface area contributed by atoms with Crippen molar-refractivity contribution in [3.8, 4) is 22.3 Å². The molecule has 0 saturated carbocycles. The van der Waals surface area contributed by atoms with Crippen LogP contribution in [0.5, 0.6) is 0 Å². The van der Waals surface area contributed by atoms with Gasteiger partial charge in [0.25, 0.3) is 0 Å². The number of furan rings is 1. The van der Waals surface area contributed by atoms with Gasteiger partial charge in [-0.25, -0.2) is 0 Å². The first kappa shape index (κ1) is 24.2. The predicted octanol–water partition coefficient (Wildman–Crippen LogP) is 11.5. The number of rotatable bonds is 5. The Balaban J connectivity index is 1.18. The van der Waals surface area contributed by atoms with E-state index in [1.165, 1.54) is 38.4 Å². The molecule has 198 valence electrons. The fourth-order valence-corrected chi connectivity index (χ4v) is 5.99. The molecule has 0 spiro atoms. The Kier molecular flexibility index (Phi) is 5.82. The third kappa shape index (κ3) is 4.22. The van der Waals surface area contributed by atoms with Gasteiger partial charge in [0.05, 0.1) is 0 Å². The van der Waals surface area contributed by atoms with Gasteiger partial charge in [-0.15, -0.1) is 0 Å². The van der Waals surface area contributed by atoms with Crippen LogP contribution < -0.4 is 4.90 Å². The summed E-state index contributed by atoms with van der Waals surface area (Å²) in [5, 5.41) is 4.70. The summed E-state index contributed by atoms with van der Waals surface area (Å²) in [5.74, 6) is 0. The van der Waals surface area contributed by atoms with Crippen LogP contribution in [0.25, 0.3) is 55.0 Å². The van der Waals surface area contributed by atoms with Gasteiger partial charge in [0.1, 0.15) is 11.2 Å². The molecule has 0 fully saturated rings. The molecule has 0 aliphatic rings.